The van der Waals surface area contributed by atoms with Crippen LogP contribution in [0.3, 0.4) is 0 Å². The molecule has 3 rings (SSSR count). The van der Waals surface area contributed by atoms with Gasteiger partial charge >= 0.3 is 0 Å². The number of imidazole rings is 1. The fourth-order valence-electron chi connectivity index (χ4n) is 2.67. The van der Waals surface area contributed by atoms with Gasteiger partial charge in [-0.15, -0.1) is 6.58 Å². The molecule has 2 aromatic carbocycles. The first-order valence-corrected chi connectivity index (χ1v) is 7.91. The molecule has 3 aromatic rings. The van der Waals surface area contributed by atoms with Crippen molar-refractivity contribution in [3.05, 3.63) is 71.6 Å². The second-order valence-electron chi connectivity index (χ2n) is 5.94. The van der Waals surface area contributed by atoms with Crippen molar-refractivity contribution in [2.24, 2.45) is 0 Å². The molecule has 118 valence electrons. The lowest BCUT2D eigenvalue weighted by Gasteiger charge is -2.15. The minimum Gasteiger partial charge on any atom is -0.483 e. The number of nitrogens with zero attached hydrogens (tertiary/aromatic N) is 1. The number of hydrogen-bond donors (Lipinski definition) is 1. The Morgan fingerprint density at radius 3 is 2.74 bits per heavy atom. The maximum Gasteiger partial charge on any atom is 0.153 e. The van der Waals surface area contributed by atoms with Crippen molar-refractivity contribution in [3.8, 4) is 5.75 Å². The van der Waals surface area contributed by atoms with Gasteiger partial charge in [-0.25, -0.2) is 4.98 Å². The van der Waals surface area contributed by atoms with E-state index in [9.17, 15) is 0 Å². The summed E-state index contributed by atoms with van der Waals surface area (Å²) in [5.41, 5.74) is 5.69. The molecule has 0 radical (unpaired) electrons. The number of allylic oxidation sites excluding steroid dienone is 1. The summed E-state index contributed by atoms with van der Waals surface area (Å²) >= 11 is 0. The Hall–Kier alpha value is -2.55. The van der Waals surface area contributed by atoms with Crippen molar-refractivity contribution < 1.29 is 4.74 Å². The molecular formula is C20H22N2O. The highest BCUT2D eigenvalue weighted by Crippen LogP contribution is 2.26. The predicted molar refractivity (Wildman–Crippen MR) is 95.0 cm³/mol. The Bertz CT molecular complexity index is 809. The molecule has 0 amide bonds. The van der Waals surface area contributed by atoms with E-state index in [1.54, 1.807) is 0 Å². The Labute approximate surface area is 137 Å². The quantitative estimate of drug-likeness (QED) is 0.670. The van der Waals surface area contributed by atoms with E-state index in [0.717, 1.165) is 34.6 Å². The van der Waals surface area contributed by atoms with Crippen LogP contribution in [0.2, 0.25) is 0 Å². The number of H-pyrrole nitrogens is 1. The number of para-hydroxylation sites is 1. The van der Waals surface area contributed by atoms with E-state index in [-0.39, 0.29) is 6.10 Å². The van der Waals surface area contributed by atoms with Crippen LogP contribution in [-0.2, 0) is 6.42 Å². The summed E-state index contributed by atoms with van der Waals surface area (Å²) in [5.74, 6) is 1.73. The molecule has 3 nitrogen and oxygen atoms in total. The minimum atomic E-state index is -0.144. The predicted octanol–water partition coefficient (Wildman–Crippen LogP) is 5.05. The molecule has 1 N–H and O–H groups in total. The molecule has 0 bridgehead atoms. The van der Waals surface area contributed by atoms with Crippen LogP contribution in [0.25, 0.3) is 11.0 Å². The largest absolute Gasteiger partial charge is 0.483 e. The number of rotatable bonds is 5. The van der Waals surface area contributed by atoms with E-state index in [0.29, 0.717) is 0 Å². The van der Waals surface area contributed by atoms with Gasteiger partial charge in [0, 0.05) is 0 Å². The SMILES string of the molecule is C=CCc1ccccc1OC(C)c1nc2cc(C)c(C)cc2[nH]1. The number of ether oxygens (including phenoxy) is 1. The third-order valence-corrected chi connectivity index (χ3v) is 4.14. The van der Waals surface area contributed by atoms with Crippen molar-refractivity contribution in [3.63, 3.8) is 0 Å². The molecule has 0 aliphatic carbocycles. The summed E-state index contributed by atoms with van der Waals surface area (Å²) in [5, 5.41) is 0. The zero-order valence-corrected chi connectivity index (χ0v) is 13.9. The highest BCUT2D eigenvalue weighted by molar-refractivity contribution is 5.77. The monoisotopic (exact) mass is 306 g/mol. The van der Waals surface area contributed by atoms with E-state index >= 15 is 0 Å². The second-order valence-corrected chi connectivity index (χ2v) is 5.94. The summed E-state index contributed by atoms with van der Waals surface area (Å²) in [6.45, 7) is 10.0. The topological polar surface area (TPSA) is 37.9 Å². The van der Waals surface area contributed by atoms with Crippen LogP contribution >= 0.6 is 0 Å². The molecule has 0 saturated heterocycles. The van der Waals surface area contributed by atoms with Crippen LogP contribution in [0.1, 0.15) is 35.5 Å². The Kier molecular flexibility index (Phi) is 4.20. The highest BCUT2D eigenvalue weighted by atomic mass is 16.5. The van der Waals surface area contributed by atoms with E-state index in [1.807, 2.05) is 31.2 Å². The number of benzene rings is 2. The average Bonchev–Trinajstić information content (AvgIpc) is 2.93. The van der Waals surface area contributed by atoms with Gasteiger partial charge in [0.25, 0.3) is 0 Å². The summed E-state index contributed by atoms with van der Waals surface area (Å²) in [4.78, 5) is 8.06. The molecule has 1 aromatic heterocycles. The van der Waals surface area contributed by atoms with Crippen LogP contribution in [0, 0.1) is 13.8 Å². The summed E-state index contributed by atoms with van der Waals surface area (Å²) in [7, 11) is 0. The minimum absolute atomic E-state index is 0.144. The van der Waals surface area contributed by atoms with Crippen LogP contribution in [-0.4, -0.2) is 9.97 Å². The molecule has 3 heteroatoms. The molecular weight excluding hydrogens is 284 g/mol. The van der Waals surface area contributed by atoms with E-state index in [4.69, 9.17) is 4.74 Å². The van der Waals surface area contributed by atoms with E-state index in [1.165, 1.54) is 11.1 Å². The van der Waals surface area contributed by atoms with Crippen molar-refractivity contribution in [2.75, 3.05) is 0 Å². The summed E-state index contributed by atoms with van der Waals surface area (Å²) < 4.78 is 6.13. The molecule has 0 spiro atoms. The third kappa shape index (κ3) is 3.14. The first-order valence-electron chi connectivity index (χ1n) is 7.91. The zero-order valence-electron chi connectivity index (χ0n) is 13.9. The van der Waals surface area contributed by atoms with Crippen LogP contribution in [0.15, 0.2) is 49.1 Å². The number of aromatic nitrogens is 2. The zero-order chi connectivity index (χ0) is 16.4. The number of aromatic amines is 1. The van der Waals surface area contributed by atoms with Gasteiger partial charge in [-0.3, -0.25) is 0 Å². The maximum absolute atomic E-state index is 6.13. The number of fused-ring (bicyclic) bond motifs is 1. The average molecular weight is 306 g/mol. The summed E-state index contributed by atoms with van der Waals surface area (Å²) in [6.07, 6.45) is 2.54. The van der Waals surface area contributed by atoms with Crippen molar-refractivity contribution >= 4 is 11.0 Å². The van der Waals surface area contributed by atoms with Gasteiger partial charge < -0.3 is 9.72 Å². The van der Waals surface area contributed by atoms with Gasteiger partial charge in [0.05, 0.1) is 11.0 Å². The molecule has 1 heterocycles. The fraction of sp³-hybridized carbons (Fsp3) is 0.250. The standard InChI is InChI=1S/C20H22N2O/c1-5-8-16-9-6-7-10-19(16)23-15(4)20-21-17-11-13(2)14(3)12-18(17)22-20/h5-7,9-12,15H,1,8H2,2-4H3,(H,21,22). The number of nitrogens with one attached hydrogen (secondary N) is 1. The molecule has 1 atom stereocenters. The summed E-state index contributed by atoms with van der Waals surface area (Å²) in [6, 6.07) is 12.3. The first-order chi connectivity index (χ1) is 11.1. The molecule has 0 fully saturated rings. The second kappa shape index (κ2) is 6.29. The van der Waals surface area contributed by atoms with Crippen molar-refractivity contribution in [2.45, 2.75) is 33.3 Å². The maximum atomic E-state index is 6.13. The Morgan fingerprint density at radius 1 is 1.22 bits per heavy atom. The lowest BCUT2D eigenvalue weighted by Crippen LogP contribution is -2.06. The number of hydrogen-bond acceptors (Lipinski definition) is 2. The van der Waals surface area contributed by atoms with Crippen LogP contribution in [0.5, 0.6) is 5.75 Å². The molecule has 0 saturated carbocycles. The number of aryl methyl sites for hydroxylation is 2. The lowest BCUT2D eigenvalue weighted by molar-refractivity contribution is 0.216. The van der Waals surface area contributed by atoms with Crippen molar-refractivity contribution in [1.29, 1.82) is 0 Å². The van der Waals surface area contributed by atoms with Gasteiger partial charge in [-0.05, 0) is 62.1 Å². The van der Waals surface area contributed by atoms with Gasteiger partial charge in [-0.1, -0.05) is 24.3 Å². The molecule has 23 heavy (non-hydrogen) atoms. The first kappa shape index (κ1) is 15.3. The van der Waals surface area contributed by atoms with Gasteiger partial charge in [0.2, 0.25) is 0 Å². The lowest BCUT2D eigenvalue weighted by atomic mass is 10.1. The van der Waals surface area contributed by atoms with Gasteiger partial charge in [0.15, 0.2) is 6.10 Å². The van der Waals surface area contributed by atoms with Crippen LogP contribution in [0.4, 0.5) is 0 Å². The molecule has 1 unspecified atom stereocenters. The smallest absolute Gasteiger partial charge is 0.153 e. The Balaban J connectivity index is 1.89. The van der Waals surface area contributed by atoms with E-state index < -0.39 is 0 Å². The fourth-order valence-corrected chi connectivity index (χ4v) is 2.67. The van der Waals surface area contributed by atoms with Crippen LogP contribution < -0.4 is 4.74 Å². The normalized spacial score (nSPS) is 12.3. The van der Waals surface area contributed by atoms with Gasteiger partial charge in [0.1, 0.15) is 11.6 Å². The third-order valence-electron chi connectivity index (χ3n) is 4.14. The van der Waals surface area contributed by atoms with Gasteiger partial charge in [-0.2, -0.15) is 0 Å². The van der Waals surface area contributed by atoms with E-state index in [2.05, 4.69) is 48.6 Å². The van der Waals surface area contributed by atoms with Crippen molar-refractivity contribution in [1.82, 2.24) is 9.97 Å². The molecule has 0 aliphatic heterocycles. The molecule has 0 aliphatic rings. The Morgan fingerprint density at radius 2 is 1.96 bits per heavy atom. The highest BCUT2D eigenvalue weighted by Gasteiger charge is 2.14.